The van der Waals surface area contributed by atoms with Crippen LogP contribution in [0.1, 0.15) is 28.8 Å². The van der Waals surface area contributed by atoms with E-state index in [1.165, 1.54) is 0 Å². The Balaban J connectivity index is 1.80. The molecule has 0 atom stereocenters. The van der Waals surface area contributed by atoms with E-state index in [0.29, 0.717) is 37.1 Å². The number of nitrogens with one attached hydrogen (secondary N) is 2. The van der Waals surface area contributed by atoms with Crippen LogP contribution in [-0.2, 0) is 9.53 Å². The molecule has 3 rings (SSSR count). The quantitative estimate of drug-likeness (QED) is 0.792. The zero-order valence-corrected chi connectivity index (χ0v) is 12.9. The van der Waals surface area contributed by atoms with Crippen molar-refractivity contribution in [3.8, 4) is 0 Å². The molecule has 2 heterocycles. The minimum atomic E-state index is -0.954. The van der Waals surface area contributed by atoms with Gasteiger partial charge in [-0.1, -0.05) is 0 Å². The Kier molecular flexibility index (Phi) is 4.04. The number of carboxylic acids is 1. The topological polar surface area (TPSA) is 104 Å². The van der Waals surface area contributed by atoms with Gasteiger partial charge in [0, 0.05) is 25.1 Å². The molecule has 122 valence electrons. The highest BCUT2D eigenvalue weighted by molar-refractivity contribution is 6.05. The molecular weight excluding hydrogens is 298 g/mol. The summed E-state index contributed by atoms with van der Waals surface area (Å²) in [4.78, 5) is 24.2. The maximum Gasteiger partial charge on any atom is 0.311 e. The van der Waals surface area contributed by atoms with Gasteiger partial charge in [0.2, 0.25) is 0 Å². The fourth-order valence-electron chi connectivity index (χ4n) is 2.96. The second-order valence-electron chi connectivity index (χ2n) is 6.03. The third kappa shape index (κ3) is 2.92. The molecule has 1 aromatic heterocycles. The van der Waals surface area contributed by atoms with Gasteiger partial charge >= 0.3 is 5.97 Å². The van der Waals surface area contributed by atoms with Crippen molar-refractivity contribution in [2.45, 2.75) is 19.8 Å². The second kappa shape index (κ2) is 6.00. The number of carboxylic acid groups (broad SMARTS) is 1. The molecule has 7 heteroatoms. The largest absolute Gasteiger partial charge is 0.481 e. The molecule has 0 aliphatic carbocycles. The molecule has 1 saturated heterocycles. The SMILES string of the molecule is Cc1cc(C(=O)NCC2(C(=O)O)CCOCC2)c2[nH]ncc2c1. The summed E-state index contributed by atoms with van der Waals surface area (Å²) in [7, 11) is 0. The maximum absolute atomic E-state index is 12.5. The van der Waals surface area contributed by atoms with E-state index in [9.17, 15) is 14.7 Å². The van der Waals surface area contributed by atoms with Crippen LogP contribution in [0.15, 0.2) is 18.3 Å². The summed E-state index contributed by atoms with van der Waals surface area (Å²) in [6.07, 6.45) is 2.46. The normalized spacial score (nSPS) is 17.1. The highest BCUT2D eigenvalue weighted by Crippen LogP contribution is 2.30. The Labute approximate surface area is 133 Å². The molecule has 1 aliphatic rings. The summed E-state index contributed by atoms with van der Waals surface area (Å²) in [5.74, 6) is -1.19. The van der Waals surface area contributed by atoms with E-state index in [1.807, 2.05) is 13.0 Å². The monoisotopic (exact) mass is 317 g/mol. The van der Waals surface area contributed by atoms with Gasteiger partial charge in [0.25, 0.3) is 5.91 Å². The highest BCUT2D eigenvalue weighted by Gasteiger charge is 2.40. The predicted molar refractivity (Wildman–Crippen MR) is 83.3 cm³/mol. The third-order valence-corrected chi connectivity index (χ3v) is 4.43. The summed E-state index contributed by atoms with van der Waals surface area (Å²) in [6.45, 7) is 2.79. The fourth-order valence-corrected chi connectivity index (χ4v) is 2.96. The van der Waals surface area contributed by atoms with Gasteiger partial charge in [-0.25, -0.2) is 0 Å². The number of hydrogen-bond donors (Lipinski definition) is 3. The number of hydrogen-bond acceptors (Lipinski definition) is 4. The summed E-state index contributed by atoms with van der Waals surface area (Å²) in [6, 6.07) is 3.71. The molecule has 0 saturated carbocycles. The first-order valence-electron chi connectivity index (χ1n) is 7.55. The number of amides is 1. The number of aromatic nitrogens is 2. The van der Waals surface area contributed by atoms with Crippen molar-refractivity contribution < 1.29 is 19.4 Å². The van der Waals surface area contributed by atoms with Gasteiger partial charge in [0.15, 0.2) is 0 Å². The standard InChI is InChI=1S/C16H19N3O4/c1-10-6-11-8-18-19-13(11)12(7-10)14(20)17-9-16(15(21)22)2-4-23-5-3-16/h6-8H,2-5,9H2,1H3,(H,17,20)(H,18,19)(H,21,22). The lowest BCUT2D eigenvalue weighted by molar-refractivity contribution is -0.154. The number of aliphatic carboxylic acids is 1. The van der Waals surface area contributed by atoms with Crippen LogP contribution in [0.2, 0.25) is 0 Å². The molecule has 7 nitrogen and oxygen atoms in total. The zero-order chi connectivity index (χ0) is 16.4. The van der Waals surface area contributed by atoms with Crippen molar-refractivity contribution in [2.75, 3.05) is 19.8 Å². The van der Waals surface area contributed by atoms with Gasteiger partial charge in [-0.15, -0.1) is 0 Å². The van der Waals surface area contributed by atoms with Crippen LogP contribution >= 0.6 is 0 Å². The maximum atomic E-state index is 12.5. The molecular formula is C16H19N3O4. The molecule has 0 spiro atoms. The van der Waals surface area contributed by atoms with Crippen molar-refractivity contribution in [3.05, 3.63) is 29.5 Å². The van der Waals surface area contributed by atoms with E-state index in [2.05, 4.69) is 15.5 Å². The van der Waals surface area contributed by atoms with Crippen LogP contribution in [-0.4, -0.2) is 46.9 Å². The first-order chi connectivity index (χ1) is 11.0. The van der Waals surface area contributed by atoms with Gasteiger partial charge in [-0.2, -0.15) is 5.10 Å². The summed E-state index contributed by atoms with van der Waals surface area (Å²) in [5.41, 5.74) is 1.13. The van der Waals surface area contributed by atoms with Crippen LogP contribution in [0.5, 0.6) is 0 Å². The molecule has 1 aliphatic heterocycles. The highest BCUT2D eigenvalue weighted by atomic mass is 16.5. The summed E-state index contributed by atoms with van der Waals surface area (Å²) >= 11 is 0. The van der Waals surface area contributed by atoms with Crippen molar-refractivity contribution in [1.29, 1.82) is 0 Å². The Morgan fingerprint density at radius 3 is 2.83 bits per heavy atom. The van der Waals surface area contributed by atoms with Crippen LogP contribution in [0.25, 0.3) is 10.9 Å². The number of aromatic amines is 1. The average molecular weight is 317 g/mol. The summed E-state index contributed by atoms with van der Waals surface area (Å²) < 4.78 is 5.24. The minimum absolute atomic E-state index is 0.0914. The van der Waals surface area contributed by atoms with Crippen molar-refractivity contribution in [3.63, 3.8) is 0 Å². The number of rotatable bonds is 4. The first kappa shape index (κ1) is 15.5. The smallest absolute Gasteiger partial charge is 0.311 e. The molecule has 0 bridgehead atoms. The Morgan fingerprint density at radius 2 is 2.13 bits per heavy atom. The minimum Gasteiger partial charge on any atom is -0.481 e. The number of benzene rings is 1. The lowest BCUT2D eigenvalue weighted by atomic mass is 9.80. The van der Waals surface area contributed by atoms with E-state index in [-0.39, 0.29) is 12.5 Å². The van der Waals surface area contributed by atoms with Gasteiger partial charge in [-0.3, -0.25) is 14.7 Å². The number of nitrogens with zero attached hydrogens (tertiary/aromatic N) is 1. The molecule has 2 aromatic rings. The van der Waals surface area contributed by atoms with Gasteiger partial charge < -0.3 is 15.2 Å². The zero-order valence-electron chi connectivity index (χ0n) is 12.9. The molecule has 1 aromatic carbocycles. The van der Waals surface area contributed by atoms with Crippen LogP contribution in [0.4, 0.5) is 0 Å². The van der Waals surface area contributed by atoms with Crippen molar-refractivity contribution in [1.82, 2.24) is 15.5 Å². The summed E-state index contributed by atoms with van der Waals surface area (Å²) in [5, 5.41) is 19.9. The van der Waals surface area contributed by atoms with E-state index < -0.39 is 11.4 Å². The number of ether oxygens (including phenoxy) is 1. The molecule has 0 unspecified atom stereocenters. The van der Waals surface area contributed by atoms with Gasteiger partial charge in [0.05, 0.1) is 22.7 Å². The Morgan fingerprint density at radius 1 is 1.39 bits per heavy atom. The predicted octanol–water partition coefficient (Wildman–Crippen LogP) is 1.48. The van der Waals surface area contributed by atoms with Crippen LogP contribution in [0.3, 0.4) is 0 Å². The molecule has 1 fully saturated rings. The van der Waals surface area contributed by atoms with Crippen molar-refractivity contribution in [2.24, 2.45) is 5.41 Å². The van der Waals surface area contributed by atoms with Crippen molar-refractivity contribution >= 4 is 22.8 Å². The Hall–Kier alpha value is -2.41. The second-order valence-corrected chi connectivity index (χ2v) is 6.03. The number of H-pyrrole nitrogens is 1. The van der Waals surface area contributed by atoms with Crippen LogP contribution in [0, 0.1) is 12.3 Å². The van der Waals surface area contributed by atoms with E-state index in [1.54, 1.807) is 12.3 Å². The third-order valence-electron chi connectivity index (χ3n) is 4.43. The molecule has 3 N–H and O–H groups in total. The molecule has 1 amide bonds. The van der Waals surface area contributed by atoms with Gasteiger partial charge in [0.1, 0.15) is 0 Å². The van der Waals surface area contributed by atoms with E-state index in [4.69, 9.17) is 4.74 Å². The number of carbonyl (C=O) groups excluding carboxylic acids is 1. The van der Waals surface area contributed by atoms with E-state index in [0.717, 1.165) is 10.9 Å². The first-order valence-corrected chi connectivity index (χ1v) is 7.55. The lowest BCUT2D eigenvalue weighted by Crippen LogP contribution is -2.46. The van der Waals surface area contributed by atoms with E-state index >= 15 is 0 Å². The number of fused-ring (bicyclic) bond motifs is 1. The van der Waals surface area contributed by atoms with Crippen LogP contribution < -0.4 is 5.32 Å². The number of carbonyl (C=O) groups is 2. The average Bonchev–Trinajstić information content (AvgIpc) is 3.00. The fraction of sp³-hybridized carbons (Fsp3) is 0.438. The molecule has 23 heavy (non-hydrogen) atoms. The lowest BCUT2D eigenvalue weighted by Gasteiger charge is -2.33. The molecule has 0 radical (unpaired) electrons. The van der Waals surface area contributed by atoms with Gasteiger partial charge in [-0.05, 0) is 37.5 Å². The Bertz CT molecular complexity index is 747. The number of aryl methyl sites for hydroxylation is 1.